The lowest BCUT2D eigenvalue weighted by Crippen LogP contribution is -2.34. The van der Waals surface area contributed by atoms with Crippen LogP contribution in [0.3, 0.4) is 0 Å². The molecular formula is C23H24FN3O2. The lowest BCUT2D eigenvalue weighted by atomic mass is 10.0. The Morgan fingerprint density at radius 1 is 1.07 bits per heavy atom. The van der Waals surface area contributed by atoms with Crippen molar-refractivity contribution in [3.63, 3.8) is 0 Å². The second kappa shape index (κ2) is 7.70. The van der Waals surface area contributed by atoms with Gasteiger partial charge in [0, 0.05) is 32.9 Å². The van der Waals surface area contributed by atoms with E-state index in [0.717, 1.165) is 31.6 Å². The number of carbonyl (C=O) groups excluding carboxylic acids is 1. The van der Waals surface area contributed by atoms with Crippen LogP contribution in [0.4, 0.5) is 15.8 Å². The van der Waals surface area contributed by atoms with Crippen molar-refractivity contribution in [3.8, 4) is 0 Å². The number of benzene rings is 2. The summed E-state index contributed by atoms with van der Waals surface area (Å²) in [6.45, 7) is 1.51. The minimum atomic E-state index is -0.370. The number of carbonyl (C=O) groups is 1. The first-order valence-electron chi connectivity index (χ1n) is 9.85. The number of likely N-dealkylation sites (N-methyl/N-ethyl adjacent to an activating group) is 1. The van der Waals surface area contributed by atoms with Crippen molar-refractivity contribution in [1.82, 2.24) is 4.57 Å². The van der Waals surface area contributed by atoms with Gasteiger partial charge in [-0.25, -0.2) is 4.39 Å². The Hall–Kier alpha value is -3.15. The zero-order chi connectivity index (χ0) is 20.5. The molecule has 2 aromatic carbocycles. The highest BCUT2D eigenvalue weighted by molar-refractivity contribution is 5.99. The summed E-state index contributed by atoms with van der Waals surface area (Å²) in [7, 11) is 3.33. The van der Waals surface area contributed by atoms with Crippen LogP contribution in [0.1, 0.15) is 18.4 Å². The maximum atomic E-state index is 14.9. The van der Waals surface area contributed by atoms with Gasteiger partial charge in [0.15, 0.2) is 0 Å². The van der Waals surface area contributed by atoms with Crippen LogP contribution in [0.15, 0.2) is 53.3 Å². The first kappa shape index (κ1) is 19.2. The number of aromatic nitrogens is 1. The molecule has 1 aliphatic rings. The topological polar surface area (TPSA) is 45.6 Å². The SMILES string of the molecule is CN(C(=O)Cc1c(N2CCCC2)c2c(F)cccc2n(C)c1=O)c1ccccc1. The van der Waals surface area contributed by atoms with Gasteiger partial charge in [-0.2, -0.15) is 0 Å². The standard InChI is InChI=1S/C23H24FN3O2/c1-25(16-9-4-3-5-10-16)20(28)15-17-22(27-13-6-7-14-27)21-18(24)11-8-12-19(21)26(2)23(17)29/h3-5,8-12H,6-7,13-15H2,1-2H3. The quantitative estimate of drug-likeness (QED) is 0.682. The lowest BCUT2D eigenvalue weighted by molar-refractivity contribution is -0.117. The fourth-order valence-electron chi connectivity index (χ4n) is 4.11. The molecule has 29 heavy (non-hydrogen) atoms. The number of anilines is 2. The highest BCUT2D eigenvalue weighted by Crippen LogP contribution is 2.33. The van der Waals surface area contributed by atoms with Crippen LogP contribution in [-0.2, 0) is 18.3 Å². The van der Waals surface area contributed by atoms with Crippen molar-refractivity contribution in [2.45, 2.75) is 19.3 Å². The average molecular weight is 393 g/mol. The molecular weight excluding hydrogens is 369 g/mol. The fourth-order valence-corrected chi connectivity index (χ4v) is 4.11. The summed E-state index contributed by atoms with van der Waals surface area (Å²) < 4.78 is 16.4. The Morgan fingerprint density at radius 3 is 2.45 bits per heavy atom. The molecule has 4 rings (SSSR count). The van der Waals surface area contributed by atoms with E-state index in [9.17, 15) is 14.0 Å². The molecule has 0 saturated carbocycles. The molecule has 0 unspecified atom stereocenters. The summed E-state index contributed by atoms with van der Waals surface area (Å²) in [6, 6.07) is 14.1. The van der Waals surface area contributed by atoms with E-state index in [-0.39, 0.29) is 23.7 Å². The average Bonchev–Trinajstić information content (AvgIpc) is 3.27. The molecule has 150 valence electrons. The minimum absolute atomic E-state index is 0.0752. The zero-order valence-corrected chi connectivity index (χ0v) is 16.7. The van der Waals surface area contributed by atoms with Gasteiger partial charge < -0.3 is 14.4 Å². The van der Waals surface area contributed by atoms with E-state index in [1.54, 1.807) is 31.1 Å². The van der Waals surface area contributed by atoms with Crippen LogP contribution in [-0.4, -0.2) is 30.6 Å². The van der Waals surface area contributed by atoms with Crippen molar-refractivity contribution < 1.29 is 9.18 Å². The summed E-state index contributed by atoms with van der Waals surface area (Å²) >= 11 is 0. The van der Waals surface area contributed by atoms with Gasteiger partial charge in [0.25, 0.3) is 5.56 Å². The third-order valence-corrected chi connectivity index (χ3v) is 5.71. The van der Waals surface area contributed by atoms with Crippen molar-refractivity contribution in [3.05, 3.63) is 70.3 Å². The second-order valence-electron chi connectivity index (χ2n) is 7.48. The van der Waals surface area contributed by atoms with Crippen LogP contribution in [0, 0.1) is 5.82 Å². The first-order chi connectivity index (χ1) is 14.0. The van der Waals surface area contributed by atoms with Crippen molar-refractivity contribution >= 4 is 28.2 Å². The van der Waals surface area contributed by atoms with Crippen molar-refractivity contribution in [1.29, 1.82) is 0 Å². The van der Waals surface area contributed by atoms with E-state index < -0.39 is 0 Å². The van der Waals surface area contributed by atoms with E-state index in [0.29, 0.717) is 22.2 Å². The van der Waals surface area contributed by atoms with Gasteiger partial charge in [0.05, 0.1) is 28.6 Å². The maximum Gasteiger partial charge on any atom is 0.256 e. The highest BCUT2D eigenvalue weighted by atomic mass is 19.1. The van der Waals surface area contributed by atoms with E-state index in [1.807, 2.05) is 30.3 Å². The molecule has 3 aromatic rings. The van der Waals surface area contributed by atoms with E-state index in [1.165, 1.54) is 10.6 Å². The molecule has 1 saturated heterocycles. The Morgan fingerprint density at radius 2 is 1.76 bits per heavy atom. The molecule has 0 radical (unpaired) electrons. The number of hydrogen-bond acceptors (Lipinski definition) is 3. The van der Waals surface area contributed by atoms with Crippen LogP contribution >= 0.6 is 0 Å². The molecule has 0 spiro atoms. The van der Waals surface area contributed by atoms with E-state index in [4.69, 9.17) is 0 Å². The van der Waals surface area contributed by atoms with Gasteiger partial charge in [-0.05, 0) is 37.1 Å². The number of nitrogens with zero attached hydrogens (tertiary/aromatic N) is 3. The third-order valence-electron chi connectivity index (χ3n) is 5.71. The number of amides is 1. The molecule has 5 nitrogen and oxygen atoms in total. The summed E-state index contributed by atoms with van der Waals surface area (Å²) in [5.41, 5.74) is 1.99. The molecule has 1 fully saturated rings. The van der Waals surface area contributed by atoms with Crippen LogP contribution in [0.2, 0.25) is 0 Å². The maximum absolute atomic E-state index is 14.9. The Balaban J connectivity index is 1.86. The Kier molecular flexibility index (Phi) is 5.09. The minimum Gasteiger partial charge on any atom is -0.371 e. The number of para-hydroxylation sites is 1. The predicted molar refractivity (Wildman–Crippen MR) is 114 cm³/mol. The fraction of sp³-hybridized carbons (Fsp3) is 0.304. The third kappa shape index (κ3) is 3.39. The van der Waals surface area contributed by atoms with Crippen LogP contribution in [0.5, 0.6) is 0 Å². The predicted octanol–water partition coefficient (Wildman–Crippen LogP) is 3.48. The number of aryl methyl sites for hydroxylation is 1. The number of halogens is 1. The number of fused-ring (bicyclic) bond motifs is 1. The zero-order valence-electron chi connectivity index (χ0n) is 16.7. The summed E-state index contributed by atoms with van der Waals surface area (Å²) in [5, 5.41) is 0.418. The Bertz CT molecular complexity index is 1120. The van der Waals surface area contributed by atoms with Crippen LogP contribution in [0.25, 0.3) is 10.9 Å². The molecule has 1 aliphatic heterocycles. The van der Waals surface area contributed by atoms with Gasteiger partial charge in [0.2, 0.25) is 5.91 Å². The van der Waals surface area contributed by atoms with Gasteiger partial charge in [-0.15, -0.1) is 0 Å². The van der Waals surface area contributed by atoms with E-state index in [2.05, 4.69) is 4.90 Å². The van der Waals surface area contributed by atoms with Crippen molar-refractivity contribution in [2.24, 2.45) is 7.05 Å². The molecule has 0 bridgehead atoms. The molecule has 1 amide bonds. The smallest absolute Gasteiger partial charge is 0.256 e. The molecule has 0 aliphatic carbocycles. The lowest BCUT2D eigenvalue weighted by Gasteiger charge is -2.25. The first-order valence-corrected chi connectivity index (χ1v) is 9.85. The summed E-state index contributed by atoms with van der Waals surface area (Å²) in [6.07, 6.45) is 1.90. The molecule has 2 heterocycles. The number of rotatable bonds is 4. The van der Waals surface area contributed by atoms with Gasteiger partial charge >= 0.3 is 0 Å². The molecule has 0 atom stereocenters. The van der Waals surface area contributed by atoms with Gasteiger partial charge in [0.1, 0.15) is 5.82 Å². The normalized spacial score (nSPS) is 13.8. The van der Waals surface area contributed by atoms with Crippen molar-refractivity contribution in [2.75, 3.05) is 29.9 Å². The number of hydrogen-bond donors (Lipinski definition) is 0. The monoisotopic (exact) mass is 393 g/mol. The van der Waals surface area contributed by atoms with Gasteiger partial charge in [-0.3, -0.25) is 9.59 Å². The second-order valence-corrected chi connectivity index (χ2v) is 7.48. The summed E-state index contributed by atoms with van der Waals surface area (Å²) in [5.74, 6) is -0.574. The number of pyridine rings is 1. The molecule has 1 aromatic heterocycles. The summed E-state index contributed by atoms with van der Waals surface area (Å²) in [4.78, 5) is 29.8. The molecule has 0 N–H and O–H groups in total. The highest BCUT2D eigenvalue weighted by Gasteiger charge is 2.26. The molecule has 6 heteroatoms. The van der Waals surface area contributed by atoms with Gasteiger partial charge in [-0.1, -0.05) is 24.3 Å². The van der Waals surface area contributed by atoms with Crippen LogP contribution < -0.4 is 15.4 Å². The largest absolute Gasteiger partial charge is 0.371 e. The Labute approximate surface area is 169 Å². The van der Waals surface area contributed by atoms with E-state index >= 15 is 0 Å².